The first-order chi connectivity index (χ1) is 15.9. The maximum Gasteiger partial charge on any atom is 0.225 e. The Bertz CT molecular complexity index is 1100. The van der Waals surface area contributed by atoms with Crippen LogP contribution >= 0.6 is 0 Å². The molecule has 1 aromatic carbocycles. The van der Waals surface area contributed by atoms with Crippen LogP contribution in [0.25, 0.3) is 0 Å². The van der Waals surface area contributed by atoms with E-state index in [2.05, 4.69) is 22.4 Å². The molecule has 2 aromatic rings. The van der Waals surface area contributed by atoms with Crippen LogP contribution in [0.2, 0.25) is 0 Å². The van der Waals surface area contributed by atoms with Gasteiger partial charge in [-0.2, -0.15) is 0 Å². The van der Waals surface area contributed by atoms with E-state index >= 15 is 0 Å². The maximum atomic E-state index is 13.8. The monoisotopic (exact) mass is 453 g/mol. The predicted molar refractivity (Wildman–Crippen MR) is 121 cm³/mol. The number of rotatable bonds is 4. The number of fused-ring (bicyclic) bond motifs is 5. The molecule has 0 aliphatic heterocycles. The van der Waals surface area contributed by atoms with Gasteiger partial charge in [0.25, 0.3) is 0 Å². The van der Waals surface area contributed by atoms with Crippen molar-refractivity contribution in [3.8, 4) is 0 Å². The molecular formula is C26H29F2N3O2. The standard InChI is InChI=1S/C26H29F2N3O2/c1-26-11-10-19-18-8-6-17(27)13-15(18)4-7-20(19)24(26)16(14-22(26)31-33)5-9-23(32)30-25-21(28)3-2-12-29-25/h2-3,6,8,12-13,16,19-20,24,33H,4-5,7,9-11,14H2,1H3,(H,29,30,32)/b31-22+/t16-,19?,20?,24?,26-/m1/s1. The number of anilines is 1. The molecule has 2 saturated carbocycles. The van der Waals surface area contributed by atoms with Crippen LogP contribution in [0, 0.1) is 34.8 Å². The topological polar surface area (TPSA) is 74.6 Å². The summed E-state index contributed by atoms with van der Waals surface area (Å²) in [4.78, 5) is 16.5. The number of halogens is 2. The second kappa shape index (κ2) is 8.50. The molecule has 1 aromatic heterocycles. The van der Waals surface area contributed by atoms with E-state index in [1.54, 1.807) is 12.1 Å². The summed E-state index contributed by atoms with van der Waals surface area (Å²) >= 11 is 0. The van der Waals surface area contributed by atoms with Crippen molar-refractivity contribution in [3.05, 3.63) is 59.3 Å². The first-order valence-corrected chi connectivity index (χ1v) is 11.8. The van der Waals surface area contributed by atoms with Crippen molar-refractivity contribution >= 4 is 17.4 Å². The average Bonchev–Trinajstić information content (AvgIpc) is 3.10. The van der Waals surface area contributed by atoms with Gasteiger partial charge in [-0.25, -0.2) is 13.8 Å². The molecule has 3 aliphatic rings. The third-order valence-electron chi connectivity index (χ3n) is 8.44. The molecule has 5 atom stereocenters. The van der Waals surface area contributed by atoms with Crippen molar-refractivity contribution in [3.63, 3.8) is 0 Å². The number of hydrogen-bond donors (Lipinski definition) is 2. The zero-order valence-electron chi connectivity index (χ0n) is 18.7. The molecule has 174 valence electrons. The molecule has 3 aliphatic carbocycles. The summed E-state index contributed by atoms with van der Waals surface area (Å²) in [6.07, 6.45) is 6.73. The lowest BCUT2D eigenvalue weighted by Crippen LogP contribution is -2.44. The lowest BCUT2D eigenvalue weighted by Gasteiger charge is -2.50. The lowest BCUT2D eigenvalue weighted by molar-refractivity contribution is -0.116. The molecule has 7 heteroatoms. The number of benzene rings is 1. The second-order valence-corrected chi connectivity index (χ2v) is 10.1. The summed E-state index contributed by atoms with van der Waals surface area (Å²) in [5.74, 6) is 0.213. The van der Waals surface area contributed by atoms with Gasteiger partial charge in [0.05, 0.1) is 5.71 Å². The van der Waals surface area contributed by atoms with Crippen molar-refractivity contribution in [2.24, 2.45) is 28.3 Å². The van der Waals surface area contributed by atoms with Crippen LogP contribution in [-0.4, -0.2) is 21.8 Å². The molecule has 1 heterocycles. The van der Waals surface area contributed by atoms with Crippen LogP contribution in [0.3, 0.4) is 0 Å². The highest BCUT2D eigenvalue weighted by Crippen LogP contribution is 2.62. The highest BCUT2D eigenvalue weighted by molar-refractivity contribution is 5.93. The van der Waals surface area contributed by atoms with Gasteiger partial charge in [0.2, 0.25) is 5.91 Å². The van der Waals surface area contributed by atoms with Crippen molar-refractivity contribution in [2.75, 3.05) is 5.32 Å². The van der Waals surface area contributed by atoms with E-state index < -0.39 is 5.82 Å². The van der Waals surface area contributed by atoms with Gasteiger partial charge < -0.3 is 10.5 Å². The van der Waals surface area contributed by atoms with Crippen molar-refractivity contribution in [2.45, 2.75) is 57.8 Å². The van der Waals surface area contributed by atoms with Crippen LogP contribution in [0.4, 0.5) is 14.6 Å². The van der Waals surface area contributed by atoms with Crippen LogP contribution in [0.5, 0.6) is 0 Å². The molecule has 5 rings (SSSR count). The van der Waals surface area contributed by atoms with E-state index in [1.165, 1.54) is 23.9 Å². The zero-order valence-corrected chi connectivity index (χ0v) is 18.7. The Kier molecular flexibility index (Phi) is 5.67. The maximum absolute atomic E-state index is 13.8. The van der Waals surface area contributed by atoms with Crippen molar-refractivity contribution in [1.82, 2.24) is 4.98 Å². The van der Waals surface area contributed by atoms with Gasteiger partial charge in [-0.15, -0.1) is 0 Å². The molecule has 0 spiro atoms. The fourth-order valence-electron chi connectivity index (χ4n) is 7.04. The van der Waals surface area contributed by atoms with Crippen LogP contribution in [0.1, 0.15) is 62.5 Å². The van der Waals surface area contributed by atoms with Crippen LogP contribution in [0.15, 0.2) is 41.7 Å². The number of oxime groups is 1. The Balaban J connectivity index is 1.36. The smallest absolute Gasteiger partial charge is 0.225 e. The molecular weight excluding hydrogens is 424 g/mol. The quantitative estimate of drug-likeness (QED) is 0.461. The number of pyridine rings is 1. The summed E-state index contributed by atoms with van der Waals surface area (Å²) in [7, 11) is 0. The fraction of sp³-hybridized carbons (Fsp3) is 0.500. The molecule has 2 fully saturated rings. The van der Waals surface area contributed by atoms with Gasteiger partial charge in [-0.05, 0) is 97.6 Å². The zero-order chi connectivity index (χ0) is 23.2. The summed E-state index contributed by atoms with van der Waals surface area (Å²) in [6, 6.07) is 7.93. The molecule has 0 radical (unpaired) electrons. The van der Waals surface area contributed by atoms with Gasteiger partial charge >= 0.3 is 0 Å². The third kappa shape index (κ3) is 3.81. The van der Waals surface area contributed by atoms with Gasteiger partial charge in [0.1, 0.15) is 5.82 Å². The van der Waals surface area contributed by atoms with Gasteiger partial charge in [0, 0.05) is 18.0 Å². The number of nitrogens with one attached hydrogen (secondary N) is 1. The van der Waals surface area contributed by atoms with Crippen molar-refractivity contribution in [1.29, 1.82) is 0 Å². The minimum atomic E-state index is -0.554. The van der Waals surface area contributed by atoms with E-state index in [1.807, 2.05) is 6.07 Å². The molecule has 3 unspecified atom stereocenters. The summed E-state index contributed by atoms with van der Waals surface area (Å²) in [5, 5.41) is 16.1. The highest BCUT2D eigenvalue weighted by Gasteiger charge is 2.57. The normalized spacial score (nSPS) is 31.5. The SMILES string of the molecule is C[C@]12CCC3c4ccc(F)cc4CCC3C1[C@H](CCC(=O)Nc1ncccc1F)C/C2=N\O. The lowest BCUT2D eigenvalue weighted by atomic mass is 9.54. The van der Waals surface area contributed by atoms with Gasteiger partial charge in [-0.1, -0.05) is 18.1 Å². The second-order valence-electron chi connectivity index (χ2n) is 10.1. The minimum absolute atomic E-state index is 0.0507. The van der Waals surface area contributed by atoms with E-state index in [4.69, 9.17) is 0 Å². The van der Waals surface area contributed by atoms with E-state index in [9.17, 15) is 18.8 Å². The van der Waals surface area contributed by atoms with Crippen LogP contribution < -0.4 is 5.32 Å². The average molecular weight is 454 g/mol. The van der Waals surface area contributed by atoms with Crippen LogP contribution in [-0.2, 0) is 11.2 Å². The first-order valence-electron chi connectivity index (χ1n) is 11.8. The fourth-order valence-corrected chi connectivity index (χ4v) is 7.04. The Morgan fingerprint density at radius 1 is 1.30 bits per heavy atom. The highest BCUT2D eigenvalue weighted by atomic mass is 19.1. The molecule has 2 N–H and O–H groups in total. The number of amides is 1. The number of aromatic nitrogens is 1. The molecule has 1 amide bonds. The number of aryl methyl sites for hydroxylation is 1. The molecule has 5 nitrogen and oxygen atoms in total. The Morgan fingerprint density at radius 2 is 2.15 bits per heavy atom. The number of nitrogens with zero attached hydrogens (tertiary/aromatic N) is 2. The Morgan fingerprint density at radius 3 is 2.94 bits per heavy atom. The molecule has 33 heavy (non-hydrogen) atoms. The number of carbonyl (C=O) groups excluding carboxylic acids is 1. The van der Waals surface area contributed by atoms with E-state index in [0.717, 1.165) is 37.0 Å². The third-order valence-corrected chi connectivity index (χ3v) is 8.44. The minimum Gasteiger partial charge on any atom is -0.411 e. The molecule has 0 saturated heterocycles. The summed E-state index contributed by atoms with van der Waals surface area (Å²) in [5.41, 5.74) is 3.01. The van der Waals surface area contributed by atoms with E-state index in [0.29, 0.717) is 30.6 Å². The number of hydrogen-bond acceptors (Lipinski definition) is 4. The molecule has 0 bridgehead atoms. The summed E-state index contributed by atoms with van der Waals surface area (Å²) in [6.45, 7) is 2.20. The van der Waals surface area contributed by atoms with E-state index in [-0.39, 0.29) is 35.3 Å². The predicted octanol–water partition coefficient (Wildman–Crippen LogP) is 5.69. The van der Waals surface area contributed by atoms with Gasteiger partial charge in [-0.3, -0.25) is 4.79 Å². The van der Waals surface area contributed by atoms with Crippen molar-refractivity contribution < 1.29 is 18.8 Å². The summed E-state index contributed by atoms with van der Waals surface area (Å²) < 4.78 is 27.6. The largest absolute Gasteiger partial charge is 0.411 e. The first kappa shape index (κ1) is 22.0. The Hall–Kier alpha value is -2.83. The number of carbonyl (C=O) groups is 1. The van der Waals surface area contributed by atoms with Gasteiger partial charge in [0.15, 0.2) is 11.6 Å². The Labute approximate surface area is 192 Å².